The first-order valence-electron chi connectivity index (χ1n) is 7.47. The van der Waals surface area contributed by atoms with Crippen molar-refractivity contribution in [3.63, 3.8) is 0 Å². The minimum atomic E-state index is 0.176. The number of anilines is 1. The molecule has 2 aromatic rings. The fourth-order valence-electron chi connectivity index (χ4n) is 3.51. The topological polar surface area (TPSA) is 56.3 Å². The number of nitrogen functional groups attached to an aromatic ring is 1. The largest absolute Gasteiger partial charge is 0.373 e. The third-order valence-corrected chi connectivity index (χ3v) is 4.82. The molecule has 21 heavy (non-hydrogen) atoms. The van der Waals surface area contributed by atoms with Crippen LogP contribution in [0, 0.1) is 0 Å². The Labute approximate surface area is 128 Å². The Balaban J connectivity index is 1.58. The molecule has 0 radical (unpaired) electrons. The van der Waals surface area contributed by atoms with Crippen molar-refractivity contribution in [1.82, 2.24) is 14.5 Å². The van der Waals surface area contributed by atoms with Gasteiger partial charge in [-0.05, 0) is 37.6 Å². The van der Waals surface area contributed by atoms with E-state index in [2.05, 4.69) is 9.88 Å². The Bertz CT molecular complexity index is 671. The number of hydrogen-bond acceptors (Lipinski definition) is 4. The average molecular weight is 307 g/mol. The number of nitrogens with two attached hydrogens (primary N) is 1. The van der Waals surface area contributed by atoms with Crippen molar-refractivity contribution in [2.75, 3.05) is 25.4 Å². The van der Waals surface area contributed by atoms with Gasteiger partial charge in [-0.3, -0.25) is 4.90 Å². The summed E-state index contributed by atoms with van der Waals surface area (Å²) in [5, 5.41) is 0.681. The highest BCUT2D eigenvalue weighted by Gasteiger charge is 2.32. The van der Waals surface area contributed by atoms with Crippen LogP contribution in [-0.4, -0.2) is 46.3 Å². The van der Waals surface area contributed by atoms with Gasteiger partial charge in [0.05, 0.1) is 30.3 Å². The first-order chi connectivity index (χ1) is 10.2. The lowest BCUT2D eigenvalue weighted by Gasteiger charge is -2.35. The molecule has 2 saturated heterocycles. The van der Waals surface area contributed by atoms with Crippen LogP contribution >= 0.6 is 11.6 Å². The molecule has 2 aliphatic rings. The van der Waals surface area contributed by atoms with Crippen LogP contribution in [0.3, 0.4) is 0 Å². The summed E-state index contributed by atoms with van der Waals surface area (Å²) in [4.78, 5) is 6.94. The number of rotatable bonds is 2. The maximum absolute atomic E-state index is 6.07. The quantitative estimate of drug-likeness (QED) is 0.923. The van der Waals surface area contributed by atoms with E-state index in [0.29, 0.717) is 17.0 Å². The molecule has 0 saturated carbocycles. The highest BCUT2D eigenvalue weighted by molar-refractivity contribution is 6.31. The van der Waals surface area contributed by atoms with Crippen molar-refractivity contribution in [3.05, 3.63) is 23.2 Å². The van der Waals surface area contributed by atoms with E-state index in [1.54, 1.807) is 0 Å². The zero-order chi connectivity index (χ0) is 14.4. The molecular formula is C15H19ClN4O. The predicted octanol–water partition coefficient (Wildman–Crippen LogP) is 2.14. The molecule has 1 aromatic heterocycles. The summed E-state index contributed by atoms with van der Waals surface area (Å²) in [6.07, 6.45) is 2.73. The Morgan fingerprint density at radius 2 is 2.33 bits per heavy atom. The van der Waals surface area contributed by atoms with E-state index in [9.17, 15) is 0 Å². The molecule has 2 aliphatic heterocycles. The number of aromatic nitrogens is 2. The number of halogens is 1. The van der Waals surface area contributed by atoms with Crippen LogP contribution in [0.4, 0.5) is 5.95 Å². The van der Waals surface area contributed by atoms with Crippen molar-refractivity contribution in [1.29, 1.82) is 0 Å². The summed E-state index contributed by atoms with van der Waals surface area (Å²) in [7, 11) is 0. The van der Waals surface area contributed by atoms with E-state index < -0.39 is 0 Å². The van der Waals surface area contributed by atoms with Crippen LogP contribution in [0.5, 0.6) is 0 Å². The highest BCUT2D eigenvalue weighted by Crippen LogP contribution is 2.26. The molecule has 2 atom stereocenters. The van der Waals surface area contributed by atoms with Crippen LogP contribution in [-0.2, 0) is 11.3 Å². The molecular weight excluding hydrogens is 288 g/mol. The number of morpholine rings is 1. The molecule has 5 nitrogen and oxygen atoms in total. The summed E-state index contributed by atoms with van der Waals surface area (Å²) < 4.78 is 8.06. The molecule has 0 aliphatic carbocycles. The lowest BCUT2D eigenvalue weighted by Crippen LogP contribution is -2.47. The second-order valence-electron chi connectivity index (χ2n) is 5.96. The smallest absolute Gasteiger partial charge is 0.201 e. The van der Waals surface area contributed by atoms with Gasteiger partial charge >= 0.3 is 0 Å². The molecule has 2 fully saturated rings. The monoisotopic (exact) mass is 306 g/mol. The Kier molecular flexibility index (Phi) is 3.28. The number of imidazole rings is 1. The van der Waals surface area contributed by atoms with Gasteiger partial charge in [-0.25, -0.2) is 4.98 Å². The van der Waals surface area contributed by atoms with Gasteiger partial charge in [0.2, 0.25) is 5.95 Å². The van der Waals surface area contributed by atoms with E-state index in [1.807, 2.05) is 22.8 Å². The normalized spacial score (nSPS) is 26.3. The zero-order valence-electron chi connectivity index (χ0n) is 11.8. The number of ether oxygens (including phenoxy) is 1. The maximum atomic E-state index is 6.07. The summed E-state index contributed by atoms with van der Waals surface area (Å²) in [6, 6.07) is 6.32. The molecule has 2 N–H and O–H groups in total. The van der Waals surface area contributed by atoms with Crippen LogP contribution in [0.25, 0.3) is 11.0 Å². The van der Waals surface area contributed by atoms with Gasteiger partial charge in [-0.1, -0.05) is 11.6 Å². The highest BCUT2D eigenvalue weighted by atomic mass is 35.5. The summed E-state index contributed by atoms with van der Waals surface area (Å²) in [6.45, 7) is 3.76. The molecule has 0 bridgehead atoms. The minimum Gasteiger partial charge on any atom is -0.373 e. The van der Waals surface area contributed by atoms with Crippen LogP contribution in [0.1, 0.15) is 12.8 Å². The van der Waals surface area contributed by atoms with E-state index in [-0.39, 0.29) is 6.10 Å². The van der Waals surface area contributed by atoms with Crippen LogP contribution < -0.4 is 5.73 Å². The van der Waals surface area contributed by atoms with E-state index >= 15 is 0 Å². The molecule has 1 aromatic carbocycles. The number of benzene rings is 1. The first kappa shape index (κ1) is 13.4. The van der Waals surface area contributed by atoms with E-state index in [0.717, 1.165) is 30.7 Å². The first-order valence-corrected chi connectivity index (χ1v) is 7.85. The number of hydrogen-bond donors (Lipinski definition) is 1. The van der Waals surface area contributed by atoms with Crippen molar-refractivity contribution < 1.29 is 4.74 Å². The van der Waals surface area contributed by atoms with Gasteiger partial charge < -0.3 is 15.0 Å². The van der Waals surface area contributed by atoms with Crippen molar-refractivity contribution in [2.24, 2.45) is 0 Å². The number of nitrogens with zero attached hydrogens (tertiary/aromatic N) is 3. The van der Waals surface area contributed by atoms with Crippen LogP contribution in [0.2, 0.25) is 5.02 Å². The molecule has 0 amide bonds. The minimum absolute atomic E-state index is 0.176. The van der Waals surface area contributed by atoms with E-state index in [1.165, 1.54) is 19.4 Å². The standard InChI is InChI=1S/C15H19ClN4O/c16-10-3-4-14-13(6-10)18-15(17)20(14)8-12-7-19-5-1-2-11(19)9-21-12/h3-4,6,11-12H,1-2,5,7-9H2,(H2,17,18). The molecule has 3 heterocycles. The lowest BCUT2D eigenvalue weighted by molar-refractivity contribution is -0.0545. The molecule has 0 spiro atoms. The second kappa shape index (κ2) is 5.16. The SMILES string of the molecule is Nc1nc2cc(Cl)ccc2n1CC1CN2CCCC2CO1. The van der Waals surface area contributed by atoms with Gasteiger partial charge in [0.25, 0.3) is 0 Å². The predicted molar refractivity (Wildman–Crippen MR) is 83.5 cm³/mol. The maximum Gasteiger partial charge on any atom is 0.201 e. The van der Waals surface area contributed by atoms with Gasteiger partial charge in [-0.15, -0.1) is 0 Å². The third kappa shape index (κ3) is 2.39. The van der Waals surface area contributed by atoms with Gasteiger partial charge in [0.1, 0.15) is 0 Å². The molecule has 6 heteroatoms. The summed E-state index contributed by atoms with van der Waals surface area (Å²) in [5.74, 6) is 0.527. The molecule has 112 valence electrons. The lowest BCUT2D eigenvalue weighted by atomic mass is 10.2. The van der Waals surface area contributed by atoms with E-state index in [4.69, 9.17) is 22.1 Å². The van der Waals surface area contributed by atoms with Crippen molar-refractivity contribution in [2.45, 2.75) is 31.5 Å². The van der Waals surface area contributed by atoms with Crippen LogP contribution in [0.15, 0.2) is 18.2 Å². The molecule has 2 unspecified atom stereocenters. The third-order valence-electron chi connectivity index (χ3n) is 4.59. The average Bonchev–Trinajstić information content (AvgIpc) is 3.03. The summed E-state index contributed by atoms with van der Waals surface area (Å²) in [5.41, 5.74) is 7.93. The Morgan fingerprint density at radius 3 is 3.24 bits per heavy atom. The zero-order valence-corrected chi connectivity index (χ0v) is 12.6. The van der Waals surface area contributed by atoms with Crippen molar-refractivity contribution in [3.8, 4) is 0 Å². The molecule has 4 rings (SSSR count). The Hall–Kier alpha value is -1.30. The fraction of sp³-hybridized carbons (Fsp3) is 0.533. The van der Waals surface area contributed by atoms with Gasteiger partial charge in [-0.2, -0.15) is 0 Å². The Morgan fingerprint density at radius 1 is 1.43 bits per heavy atom. The summed E-state index contributed by atoms with van der Waals surface area (Å²) >= 11 is 6.01. The number of fused-ring (bicyclic) bond motifs is 2. The van der Waals surface area contributed by atoms with Gasteiger partial charge in [0, 0.05) is 17.6 Å². The fourth-order valence-corrected chi connectivity index (χ4v) is 3.68. The van der Waals surface area contributed by atoms with Gasteiger partial charge in [0.15, 0.2) is 0 Å². The van der Waals surface area contributed by atoms with Crippen molar-refractivity contribution >= 4 is 28.6 Å². The second-order valence-corrected chi connectivity index (χ2v) is 6.40.